The van der Waals surface area contributed by atoms with Crippen LogP contribution in [0.1, 0.15) is 51.0 Å². The molecular weight excluding hydrogens is 264 g/mol. The number of hydrogen-bond donors (Lipinski definition) is 0. The molecule has 3 aromatic carbocycles. The number of hydrogen-bond acceptors (Lipinski definition) is 0. The highest BCUT2D eigenvalue weighted by atomic mass is 14.1. The second kappa shape index (κ2) is 7.45. The second-order valence-corrected chi connectivity index (χ2v) is 6.26. The molecule has 0 bridgehead atoms. The minimum atomic E-state index is 1.15. The molecule has 0 heterocycles. The Morgan fingerprint density at radius 2 is 1.50 bits per heavy atom. The lowest BCUT2D eigenvalue weighted by atomic mass is 9.96. The lowest BCUT2D eigenvalue weighted by molar-refractivity contribution is 0.608. The smallest absolute Gasteiger partial charge is 0.0139 e. The van der Waals surface area contributed by atoms with E-state index in [1.165, 1.54) is 65.6 Å². The van der Waals surface area contributed by atoms with Crippen LogP contribution < -0.4 is 0 Å². The van der Waals surface area contributed by atoms with Crippen LogP contribution in [0.3, 0.4) is 0 Å². The van der Waals surface area contributed by atoms with Crippen LogP contribution in [0.15, 0.2) is 48.5 Å². The summed E-state index contributed by atoms with van der Waals surface area (Å²) in [6, 6.07) is 21.0. The predicted molar refractivity (Wildman–Crippen MR) is 97.4 cm³/mol. The Morgan fingerprint density at radius 1 is 0.773 bits per heavy atom. The number of rotatable bonds is 7. The van der Waals surface area contributed by atoms with Crippen LogP contribution in [0.5, 0.6) is 0 Å². The predicted octanol–water partition coefficient (Wildman–Crippen LogP) is 6.70. The lowest BCUT2D eigenvalue weighted by Gasteiger charge is -2.08. The van der Waals surface area contributed by atoms with Crippen molar-refractivity contribution >= 4 is 21.5 Å². The molecule has 0 saturated carbocycles. The van der Waals surface area contributed by atoms with Crippen molar-refractivity contribution in [3.63, 3.8) is 0 Å². The molecule has 0 aliphatic rings. The van der Waals surface area contributed by atoms with Gasteiger partial charge in [-0.15, -0.1) is 0 Å². The van der Waals surface area contributed by atoms with E-state index in [9.17, 15) is 0 Å². The van der Waals surface area contributed by atoms with Crippen molar-refractivity contribution in [2.75, 3.05) is 0 Å². The molecule has 0 spiro atoms. The molecule has 0 aliphatic heterocycles. The largest absolute Gasteiger partial charge is 0.0654 e. The van der Waals surface area contributed by atoms with Gasteiger partial charge >= 0.3 is 0 Å². The second-order valence-electron chi connectivity index (χ2n) is 6.26. The molecule has 0 N–H and O–H groups in total. The monoisotopic (exact) mass is 289 g/mol. The molecular formula is C22H25. The van der Waals surface area contributed by atoms with Crippen LogP contribution in [0.25, 0.3) is 21.5 Å². The number of fused-ring (bicyclic) bond motifs is 2. The molecule has 0 atom stereocenters. The van der Waals surface area contributed by atoms with E-state index in [1.807, 2.05) is 0 Å². The van der Waals surface area contributed by atoms with Gasteiger partial charge in [-0.3, -0.25) is 0 Å². The van der Waals surface area contributed by atoms with Gasteiger partial charge < -0.3 is 0 Å². The van der Waals surface area contributed by atoms with Crippen molar-refractivity contribution in [3.8, 4) is 0 Å². The van der Waals surface area contributed by atoms with E-state index in [1.54, 1.807) is 0 Å². The van der Waals surface area contributed by atoms with Crippen molar-refractivity contribution in [3.05, 3.63) is 60.2 Å². The Kier molecular flexibility index (Phi) is 5.11. The summed E-state index contributed by atoms with van der Waals surface area (Å²) in [7, 11) is 0. The van der Waals surface area contributed by atoms with E-state index < -0.39 is 0 Å². The fourth-order valence-corrected chi connectivity index (χ4v) is 3.26. The van der Waals surface area contributed by atoms with Crippen LogP contribution in [-0.4, -0.2) is 0 Å². The van der Waals surface area contributed by atoms with Gasteiger partial charge in [0, 0.05) is 0 Å². The molecule has 0 heteroatoms. The Hall–Kier alpha value is -1.82. The molecule has 0 nitrogen and oxygen atoms in total. The molecule has 1 radical (unpaired) electrons. The summed E-state index contributed by atoms with van der Waals surface area (Å²) in [5, 5.41) is 5.39. The summed E-state index contributed by atoms with van der Waals surface area (Å²) in [6.45, 7) is 2.27. The summed E-state index contributed by atoms with van der Waals surface area (Å²) < 4.78 is 0. The van der Waals surface area contributed by atoms with Crippen LogP contribution in [-0.2, 0) is 6.42 Å². The molecule has 0 fully saturated rings. The first-order valence-corrected chi connectivity index (χ1v) is 8.70. The highest BCUT2D eigenvalue weighted by Crippen LogP contribution is 2.26. The Bertz CT molecular complexity index is 739. The first-order valence-electron chi connectivity index (χ1n) is 8.70. The SMILES string of the molecule is CCCCCCCCc1[c]ccc2cc3ccccc3cc12. The lowest BCUT2D eigenvalue weighted by Crippen LogP contribution is -1.89. The van der Waals surface area contributed by atoms with Crippen molar-refractivity contribution in [2.45, 2.75) is 51.9 Å². The van der Waals surface area contributed by atoms with Gasteiger partial charge in [-0.1, -0.05) is 75.4 Å². The van der Waals surface area contributed by atoms with Crippen molar-refractivity contribution in [1.29, 1.82) is 0 Å². The van der Waals surface area contributed by atoms with E-state index in [0.29, 0.717) is 0 Å². The maximum Gasteiger partial charge on any atom is -0.0139 e. The van der Waals surface area contributed by atoms with Crippen LogP contribution in [0.4, 0.5) is 0 Å². The average Bonchev–Trinajstić information content (AvgIpc) is 2.56. The van der Waals surface area contributed by atoms with Crippen LogP contribution in [0.2, 0.25) is 0 Å². The van der Waals surface area contributed by atoms with Gasteiger partial charge in [0.25, 0.3) is 0 Å². The zero-order valence-corrected chi connectivity index (χ0v) is 13.6. The van der Waals surface area contributed by atoms with Crippen molar-refractivity contribution < 1.29 is 0 Å². The maximum atomic E-state index is 3.48. The zero-order chi connectivity index (χ0) is 15.2. The van der Waals surface area contributed by atoms with Gasteiger partial charge in [-0.2, -0.15) is 0 Å². The van der Waals surface area contributed by atoms with E-state index in [2.05, 4.69) is 61.5 Å². The first kappa shape index (κ1) is 15.1. The van der Waals surface area contributed by atoms with E-state index in [4.69, 9.17) is 0 Å². The number of unbranched alkanes of at least 4 members (excludes halogenated alkanes) is 5. The Morgan fingerprint density at radius 3 is 2.32 bits per heavy atom. The van der Waals surface area contributed by atoms with Gasteiger partial charge in [-0.25, -0.2) is 0 Å². The number of benzene rings is 3. The number of aryl methyl sites for hydroxylation is 1. The average molecular weight is 289 g/mol. The third-order valence-electron chi connectivity index (χ3n) is 4.54. The molecule has 0 aliphatic carbocycles. The van der Waals surface area contributed by atoms with E-state index >= 15 is 0 Å². The van der Waals surface area contributed by atoms with Gasteiger partial charge in [0.05, 0.1) is 0 Å². The van der Waals surface area contributed by atoms with Crippen LogP contribution >= 0.6 is 0 Å². The quantitative estimate of drug-likeness (QED) is 0.335. The molecule has 3 rings (SSSR count). The summed E-state index contributed by atoms with van der Waals surface area (Å²) >= 11 is 0. The summed E-state index contributed by atoms with van der Waals surface area (Å²) in [5.41, 5.74) is 1.39. The molecule has 0 saturated heterocycles. The third kappa shape index (κ3) is 3.50. The molecule has 113 valence electrons. The summed E-state index contributed by atoms with van der Waals surface area (Å²) in [4.78, 5) is 0. The van der Waals surface area contributed by atoms with Crippen molar-refractivity contribution in [1.82, 2.24) is 0 Å². The van der Waals surface area contributed by atoms with Gasteiger partial charge in [0.15, 0.2) is 0 Å². The topological polar surface area (TPSA) is 0 Å². The highest BCUT2D eigenvalue weighted by molar-refractivity contribution is 5.99. The standard InChI is InChI=1S/C22H25/c1-2-3-4-5-6-7-11-18-14-10-15-21-16-19-12-8-9-13-20(19)17-22(18)21/h8-10,12-13,15-17H,2-7,11H2,1H3. The Labute approximate surface area is 134 Å². The minimum absolute atomic E-state index is 1.15. The minimum Gasteiger partial charge on any atom is -0.0654 e. The summed E-state index contributed by atoms with van der Waals surface area (Å²) in [5.74, 6) is 0. The van der Waals surface area contributed by atoms with Crippen LogP contribution in [0, 0.1) is 6.07 Å². The highest BCUT2D eigenvalue weighted by Gasteiger charge is 2.03. The van der Waals surface area contributed by atoms with E-state index in [0.717, 1.165) is 6.42 Å². The normalized spacial score (nSPS) is 11.3. The first-order chi connectivity index (χ1) is 10.9. The fraction of sp³-hybridized carbons (Fsp3) is 0.364. The van der Waals surface area contributed by atoms with Crippen molar-refractivity contribution in [2.24, 2.45) is 0 Å². The molecule has 0 aromatic heterocycles. The van der Waals surface area contributed by atoms with Gasteiger partial charge in [-0.05, 0) is 58.1 Å². The third-order valence-corrected chi connectivity index (χ3v) is 4.54. The zero-order valence-electron chi connectivity index (χ0n) is 13.6. The molecule has 0 unspecified atom stereocenters. The Balaban J connectivity index is 1.76. The maximum absolute atomic E-state index is 3.48. The van der Waals surface area contributed by atoms with E-state index in [-0.39, 0.29) is 0 Å². The molecule has 22 heavy (non-hydrogen) atoms. The summed E-state index contributed by atoms with van der Waals surface area (Å²) in [6.07, 6.45) is 9.25. The van der Waals surface area contributed by atoms with Gasteiger partial charge in [0.1, 0.15) is 0 Å². The molecule has 3 aromatic rings. The fourth-order valence-electron chi connectivity index (χ4n) is 3.26. The molecule has 0 amide bonds. The van der Waals surface area contributed by atoms with Gasteiger partial charge in [0.2, 0.25) is 0 Å².